The number of nitrogens with two attached hydrogens (primary N) is 2. The average molecular weight is 59.1 g/mol. The summed E-state index contributed by atoms with van der Waals surface area (Å²) >= 11 is 0. The van der Waals surface area contributed by atoms with Crippen molar-refractivity contribution in [1.82, 2.24) is 0 Å². The van der Waals surface area contributed by atoms with Gasteiger partial charge in [-0.25, -0.2) is 0 Å². The van der Waals surface area contributed by atoms with Crippen LogP contribution in [0.15, 0.2) is 0 Å². The van der Waals surface area contributed by atoms with Gasteiger partial charge in [-0.2, -0.15) is 0 Å². The average Bonchev–Trinajstić information content (AvgIpc) is 0.811. The first-order valence-corrected chi connectivity index (χ1v) is 1.07. The van der Waals surface area contributed by atoms with E-state index in [4.69, 9.17) is 11.5 Å². The molecule has 2 nitrogen and oxygen atoms in total. The van der Waals surface area contributed by atoms with Crippen LogP contribution in [0.4, 0.5) is 0 Å². The van der Waals surface area contributed by atoms with Crippen molar-refractivity contribution in [3.05, 3.63) is 6.92 Å². The Kier molecular flexibility index (Phi) is 1.24. The Morgan fingerprint density at radius 1 is 1.50 bits per heavy atom. The van der Waals surface area contributed by atoms with Gasteiger partial charge in [-0.3, -0.25) is 0 Å². The molecule has 0 fully saturated rings. The van der Waals surface area contributed by atoms with E-state index in [2.05, 4.69) is 6.92 Å². The molecule has 0 aliphatic rings. The summed E-state index contributed by atoms with van der Waals surface area (Å²) < 4.78 is 0. The maximum atomic E-state index is 4.78. The standard InChI is InChI=1S/C2H7N2/c1-2(3)4/h2H,1,3-4H2. The van der Waals surface area contributed by atoms with Crippen LogP contribution in [0.2, 0.25) is 0 Å². The zero-order chi connectivity index (χ0) is 3.58. The van der Waals surface area contributed by atoms with Gasteiger partial charge in [-0.15, -0.1) is 0 Å². The Hall–Kier alpha value is -0.0800. The lowest BCUT2D eigenvalue weighted by Crippen LogP contribution is -2.25. The topological polar surface area (TPSA) is 52.0 Å². The van der Waals surface area contributed by atoms with Crippen LogP contribution < -0.4 is 11.5 Å². The van der Waals surface area contributed by atoms with Gasteiger partial charge in [0.05, 0.1) is 6.17 Å². The molecule has 0 amide bonds. The van der Waals surface area contributed by atoms with Crippen molar-refractivity contribution < 1.29 is 0 Å². The maximum Gasteiger partial charge on any atom is 0.0521 e. The monoisotopic (exact) mass is 59.1 g/mol. The van der Waals surface area contributed by atoms with Crippen molar-refractivity contribution >= 4 is 0 Å². The third kappa shape index (κ3) is 254. The minimum atomic E-state index is -0.417. The third-order valence-electron chi connectivity index (χ3n) is 0. The van der Waals surface area contributed by atoms with Crippen LogP contribution >= 0.6 is 0 Å². The fourth-order valence-electron chi connectivity index (χ4n) is 0. The highest BCUT2D eigenvalue weighted by atomic mass is 14.8. The molecule has 0 rings (SSSR count). The molecule has 0 saturated carbocycles. The Morgan fingerprint density at radius 2 is 1.50 bits per heavy atom. The van der Waals surface area contributed by atoms with Crippen molar-refractivity contribution in [3.63, 3.8) is 0 Å². The predicted molar refractivity (Wildman–Crippen MR) is 17.5 cm³/mol. The Balaban J connectivity index is 2.32. The lowest BCUT2D eigenvalue weighted by Gasteiger charge is -1.83. The summed E-state index contributed by atoms with van der Waals surface area (Å²) in [5.41, 5.74) is 9.56. The second-order valence-electron chi connectivity index (χ2n) is 0.664. The van der Waals surface area contributed by atoms with Crippen molar-refractivity contribution in [2.45, 2.75) is 6.17 Å². The van der Waals surface area contributed by atoms with E-state index in [0.717, 1.165) is 0 Å². The quantitative estimate of drug-likeness (QED) is 0.354. The van der Waals surface area contributed by atoms with E-state index in [-0.39, 0.29) is 0 Å². The molecule has 0 aliphatic heterocycles. The van der Waals surface area contributed by atoms with E-state index in [0.29, 0.717) is 0 Å². The maximum absolute atomic E-state index is 4.78. The lowest BCUT2D eigenvalue weighted by atomic mass is 10.7. The van der Waals surface area contributed by atoms with Gasteiger partial charge in [0.2, 0.25) is 0 Å². The van der Waals surface area contributed by atoms with Crippen LogP contribution in [0, 0.1) is 6.92 Å². The molecule has 0 aromatic rings. The third-order valence-corrected chi connectivity index (χ3v) is 0. The summed E-state index contributed by atoms with van der Waals surface area (Å²) in [4.78, 5) is 0. The molecule has 0 aromatic carbocycles. The van der Waals surface area contributed by atoms with Crippen molar-refractivity contribution in [2.75, 3.05) is 0 Å². The van der Waals surface area contributed by atoms with Crippen molar-refractivity contribution in [3.8, 4) is 0 Å². The summed E-state index contributed by atoms with van der Waals surface area (Å²) in [6.07, 6.45) is -0.417. The first kappa shape index (κ1) is 3.92. The molecule has 0 spiro atoms. The van der Waals surface area contributed by atoms with Gasteiger partial charge < -0.3 is 11.5 Å². The molecule has 0 saturated heterocycles. The first-order chi connectivity index (χ1) is 1.73. The molecule has 0 aromatic heterocycles. The van der Waals surface area contributed by atoms with E-state index in [1.54, 1.807) is 0 Å². The van der Waals surface area contributed by atoms with Gasteiger partial charge in [0, 0.05) is 0 Å². The van der Waals surface area contributed by atoms with Crippen LogP contribution in [-0.2, 0) is 0 Å². The molecule has 2 heteroatoms. The molecular formula is C2H7N2. The molecule has 0 bridgehead atoms. The summed E-state index contributed by atoms with van der Waals surface area (Å²) in [5.74, 6) is 0. The van der Waals surface area contributed by atoms with Crippen molar-refractivity contribution in [2.24, 2.45) is 11.5 Å². The van der Waals surface area contributed by atoms with Gasteiger partial charge >= 0.3 is 0 Å². The normalized spacial score (nSPS) is 9.00. The van der Waals surface area contributed by atoms with Crippen LogP contribution in [0.3, 0.4) is 0 Å². The van der Waals surface area contributed by atoms with Crippen LogP contribution in [0.25, 0.3) is 0 Å². The first-order valence-electron chi connectivity index (χ1n) is 1.07. The predicted octanol–water partition coefficient (Wildman–Crippen LogP) is -0.936. The second-order valence-corrected chi connectivity index (χ2v) is 0.664. The number of rotatable bonds is 0. The van der Waals surface area contributed by atoms with Gasteiger partial charge in [0.25, 0.3) is 0 Å². The molecule has 0 unspecified atom stereocenters. The fraction of sp³-hybridized carbons (Fsp3) is 0.500. The molecule has 25 valence electrons. The summed E-state index contributed by atoms with van der Waals surface area (Å²) in [6, 6.07) is 0. The van der Waals surface area contributed by atoms with E-state index in [1.807, 2.05) is 0 Å². The van der Waals surface area contributed by atoms with Gasteiger partial charge in [-0.1, -0.05) is 0 Å². The van der Waals surface area contributed by atoms with E-state index in [9.17, 15) is 0 Å². The highest BCUT2D eigenvalue weighted by molar-refractivity contribution is 4.46. The van der Waals surface area contributed by atoms with Crippen molar-refractivity contribution in [1.29, 1.82) is 0 Å². The minimum Gasteiger partial charge on any atom is -0.316 e. The Labute approximate surface area is 25.8 Å². The van der Waals surface area contributed by atoms with Gasteiger partial charge in [-0.05, 0) is 6.92 Å². The molecule has 1 radical (unpaired) electrons. The highest BCUT2D eigenvalue weighted by Gasteiger charge is 1.66. The summed E-state index contributed by atoms with van der Waals surface area (Å²) in [5, 5.41) is 0. The van der Waals surface area contributed by atoms with Crippen LogP contribution in [-0.4, -0.2) is 6.17 Å². The smallest absolute Gasteiger partial charge is 0.0521 e. The largest absolute Gasteiger partial charge is 0.316 e. The van der Waals surface area contributed by atoms with Gasteiger partial charge in [0.15, 0.2) is 0 Å². The minimum absolute atomic E-state index is 0.417. The summed E-state index contributed by atoms with van der Waals surface area (Å²) in [7, 11) is 0. The molecule has 0 aliphatic carbocycles. The zero-order valence-corrected chi connectivity index (χ0v) is 2.44. The zero-order valence-electron chi connectivity index (χ0n) is 2.44. The van der Waals surface area contributed by atoms with E-state index >= 15 is 0 Å². The number of hydrogen-bond donors (Lipinski definition) is 2. The second kappa shape index (κ2) is 1.26. The fourth-order valence-corrected chi connectivity index (χ4v) is 0. The lowest BCUT2D eigenvalue weighted by molar-refractivity contribution is 0.872. The summed E-state index contributed by atoms with van der Waals surface area (Å²) in [6.45, 7) is 3.19. The molecular weight excluding hydrogens is 52.0 g/mol. The van der Waals surface area contributed by atoms with Crippen LogP contribution in [0.1, 0.15) is 0 Å². The molecule has 4 heavy (non-hydrogen) atoms. The number of hydrogen-bond acceptors (Lipinski definition) is 2. The van der Waals surface area contributed by atoms with E-state index < -0.39 is 6.17 Å². The van der Waals surface area contributed by atoms with Crippen LogP contribution in [0.5, 0.6) is 0 Å². The Morgan fingerprint density at radius 3 is 1.50 bits per heavy atom. The molecule has 0 heterocycles. The van der Waals surface area contributed by atoms with E-state index in [1.165, 1.54) is 0 Å². The SMILES string of the molecule is [CH2]C(N)N. The molecule has 0 atom stereocenters. The Bertz CT molecular complexity index is 8.75. The van der Waals surface area contributed by atoms with Gasteiger partial charge in [0.1, 0.15) is 0 Å². The highest BCUT2D eigenvalue weighted by Crippen LogP contribution is 1.39. The molecule has 4 N–H and O–H groups in total.